The minimum Gasteiger partial charge on any atom is -0.436 e. The molecule has 4 heteroatoms. The van der Waals surface area contributed by atoms with Crippen LogP contribution >= 0.6 is 0 Å². The molecule has 4 nitrogen and oxygen atoms in total. The zero-order chi connectivity index (χ0) is 9.72. The molecule has 1 unspecified atom stereocenters. The number of esters is 1. The van der Waals surface area contributed by atoms with Crippen LogP contribution in [0, 0.1) is 0 Å². The van der Waals surface area contributed by atoms with E-state index in [0.29, 0.717) is 5.57 Å². The highest BCUT2D eigenvalue weighted by Gasteiger charge is 2.12. The molecule has 0 amide bonds. The number of hydrogen-bond donors (Lipinski definition) is 1. The van der Waals surface area contributed by atoms with Crippen molar-refractivity contribution in [3.63, 3.8) is 0 Å². The van der Waals surface area contributed by atoms with Gasteiger partial charge in [-0.25, -0.2) is 0 Å². The lowest BCUT2D eigenvalue weighted by molar-refractivity contribution is -0.165. The molecule has 0 radical (unpaired) electrons. The van der Waals surface area contributed by atoms with Crippen molar-refractivity contribution < 1.29 is 19.4 Å². The van der Waals surface area contributed by atoms with Crippen molar-refractivity contribution in [2.45, 2.75) is 26.6 Å². The first-order valence-electron chi connectivity index (χ1n) is 3.49. The average Bonchev–Trinajstić information content (AvgIpc) is 1.84. The zero-order valence-electron chi connectivity index (χ0n) is 7.16. The SMILES string of the molecule is C=C(C)C(=O)CC(=O)OC(C)O. The van der Waals surface area contributed by atoms with Crippen molar-refractivity contribution >= 4 is 11.8 Å². The lowest BCUT2D eigenvalue weighted by Gasteiger charge is -2.05. The molecule has 1 atom stereocenters. The zero-order valence-corrected chi connectivity index (χ0v) is 7.16. The number of ketones is 1. The van der Waals surface area contributed by atoms with Gasteiger partial charge in [0.2, 0.25) is 0 Å². The van der Waals surface area contributed by atoms with Crippen molar-refractivity contribution in [2.24, 2.45) is 0 Å². The molecule has 0 aliphatic heterocycles. The van der Waals surface area contributed by atoms with Crippen LogP contribution < -0.4 is 0 Å². The fourth-order valence-corrected chi connectivity index (χ4v) is 0.514. The minimum atomic E-state index is -1.17. The van der Waals surface area contributed by atoms with Gasteiger partial charge in [-0.05, 0) is 19.4 Å². The van der Waals surface area contributed by atoms with E-state index >= 15 is 0 Å². The maximum absolute atomic E-state index is 10.9. The van der Waals surface area contributed by atoms with Crippen LogP contribution in [0.1, 0.15) is 20.3 Å². The molecule has 0 saturated carbocycles. The number of Topliss-reactive ketones (excluding diaryl/α,β-unsaturated/α-hetero) is 1. The summed E-state index contributed by atoms with van der Waals surface area (Å²) in [6.45, 7) is 6.17. The van der Waals surface area contributed by atoms with Gasteiger partial charge in [-0.15, -0.1) is 0 Å². The third-order valence-electron chi connectivity index (χ3n) is 1.08. The second kappa shape index (κ2) is 4.66. The van der Waals surface area contributed by atoms with Gasteiger partial charge in [-0.1, -0.05) is 6.58 Å². The summed E-state index contributed by atoms with van der Waals surface area (Å²) in [6, 6.07) is 0. The van der Waals surface area contributed by atoms with E-state index in [-0.39, 0.29) is 12.2 Å². The normalized spacial score (nSPS) is 11.9. The molecule has 68 valence electrons. The predicted octanol–water partition coefficient (Wildman–Crippen LogP) is 0.403. The molecule has 12 heavy (non-hydrogen) atoms. The Morgan fingerprint density at radius 1 is 1.58 bits per heavy atom. The van der Waals surface area contributed by atoms with Crippen molar-refractivity contribution in [3.05, 3.63) is 12.2 Å². The third kappa shape index (κ3) is 4.62. The Morgan fingerprint density at radius 2 is 2.08 bits per heavy atom. The molecule has 0 spiro atoms. The molecule has 0 aromatic heterocycles. The topological polar surface area (TPSA) is 63.6 Å². The number of ether oxygens (including phenoxy) is 1. The standard InChI is InChI=1S/C8H12O4/c1-5(2)7(10)4-8(11)12-6(3)9/h6,9H,1,4H2,2-3H3. The molecular weight excluding hydrogens is 160 g/mol. The molecule has 0 aliphatic carbocycles. The largest absolute Gasteiger partial charge is 0.436 e. The van der Waals surface area contributed by atoms with E-state index in [1.165, 1.54) is 13.8 Å². The summed E-state index contributed by atoms with van der Waals surface area (Å²) in [7, 11) is 0. The Bertz CT molecular complexity index is 205. The molecular formula is C8H12O4. The van der Waals surface area contributed by atoms with Crippen molar-refractivity contribution in [1.29, 1.82) is 0 Å². The summed E-state index contributed by atoms with van der Waals surface area (Å²) < 4.78 is 4.33. The molecule has 0 aliphatic rings. The van der Waals surface area contributed by atoms with E-state index in [1.807, 2.05) is 0 Å². The Kier molecular flexibility index (Phi) is 4.21. The second-order valence-corrected chi connectivity index (χ2v) is 2.47. The lowest BCUT2D eigenvalue weighted by atomic mass is 10.2. The third-order valence-corrected chi connectivity index (χ3v) is 1.08. The highest BCUT2D eigenvalue weighted by atomic mass is 16.6. The first-order valence-corrected chi connectivity index (χ1v) is 3.49. The van der Waals surface area contributed by atoms with Gasteiger partial charge in [-0.2, -0.15) is 0 Å². The molecule has 0 aromatic carbocycles. The molecule has 0 bridgehead atoms. The molecule has 0 rings (SSSR count). The minimum absolute atomic E-state index is 0.303. The number of hydrogen-bond acceptors (Lipinski definition) is 4. The summed E-state index contributed by atoms with van der Waals surface area (Å²) in [5.74, 6) is -1.11. The first-order chi connectivity index (χ1) is 5.43. The van der Waals surface area contributed by atoms with E-state index in [9.17, 15) is 9.59 Å². The Hall–Kier alpha value is -1.16. The number of carbonyl (C=O) groups is 2. The van der Waals surface area contributed by atoms with E-state index < -0.39 is 12.3 Å². The van der Waals surface area contributed by atoms with Gasteiger partial charge < -0.3 is 9.84 Å². The summed E-state index contributed by atoms with van der Waals surface area (Å²) in [4.78, 5) is 21.6. The van der Waals surface area contributed by atoms with E-state index in [4.69, 9.17) is 5.11 Å². The smallest absolute Gasteiger partial charge is 0.315 e. The van der Waals surface area contributed by atoms with Gasteiger partial charge in [0.05, 0.1) is 0 Å². The van der Waals surface area contributed by atoms with Crippen LogP contribution in [0.5, 0.6) is 0 Å². The van der Waals surface area contributed by atoms with Gasteiger partial charge in [0.25, 0.3) is 0 Å². The quantitative estimate of drug-likeness (QED) is 0.288. The van der Waals surface area contributed by atoms with Crippen molar-refractivity contribution in [2.75, 3.05) is 0 Å². The van der Waals surface area contributed by atoms with E-state index in [0.717, 1.165) is 0 Å². The van der Waals surface area contributed by atoms with Crippen molar-refractivity contribution in [1.82, 2.24) is 0 Å². The van der Waals surface area contributed by atoms with Crippen LogP contribution in [-0.2, 0) is 14.3 Å². The predicted molar refractivity (Wildman–Crippen MR) is 42.2 cm³/mol. The maximum Gasteiger partial charge on any atom is 0.315 e. The van der Waals surface area contributed by atoms with Crippen LogP contribution in [0.25, 0.3) is 0 Å². The Balaban J connectivity index is 3.85. The number of allylic oxidation sites excluding steroid dienone is 1. The fraction of sp³-hybridized carbons (Fsp3) is 0.500. The maximum atomic E-state index is 10.9. The summed E-state index contributed by atoms with van der Waals surface area (Å²) >= 11 is 0. The Morgan fingerprint density at radius 3 is 2.42 bits per heavy atom. The first kappa shape index (κ1) is 10.8. The van der Waals surface area contributed by atoms with Gasteiger partial charge >= 0.3 is 5.97 Å². The number of aliphatic hydroxyl groups excluding tert-OH is 1. The molecule has 0 heterocycles. The monoisotopic (exact) mass is 172 g/mol. The van der Waals surface area contributed by atoms with Crippen molar-refractivity contribution in [3.8, 4) is 0 Å². The van der Waals surface area contributed by atoms with Gasteiger partial charge in [0.1, 0.15) is 6.42 Å². The summed E-state index contributed by atoms with van der Waals surface area (Å²) in [5.41, 5.74) is 0.303. The lowest BCUT2D eigenvalue weighted by Crippen LogP contribution is -2.17. The number of rotatable bonds is 4. The summed E-state index contributed by atoms with van der Waals surface area (Å²) in [5, 5.41) is 8.60. The van der Waals surface area contributed by atoms with Crippen LogP contribution in [0.15, 0.2) is 12.2 Å². The summed E-state index contributed by atoms with van der Waals surface area (Å²) in [6.07, 6.45) is -1.53. The van der Waals surface area contributed by atoms with Crippen LogP contribution in [0.4, 0.5) is 0 Å². The molecule has 0 saturated heterocycles. The Labute approximate surface area is 70.8 Å². The highest BCUT2D eigenvalue weighted by molar-refractivity contribution is 6.04. The van der Waals surface area contributed by atoms with Gasteiger partial charge in [0, 0.05) is 0 Å². The molecule has 0 aromatic rings. The highest BCUT2D eigenvalue weighted by Crippen LogP contribution is 1.98. The number of carbonyl (C=O) groups excluding carboxylic acids is 2. The fourth-order valence-electron chi connectivity index (χ4n) is 0.514. The van der Waals surface area contributed by atoms with Crippen LogP contribution in [0.2, 0.25) is 0 Å². The van der Waals surface area contributed by atoms with Gasteiger partial charge in [-0.3, -0.25) is 9.59 Å². The second-order valence-electron chi connectivity index (χ2n) is 2.47. The van der Waals surface area contributed by atoms with E-state index in [2.05, 4.69) is 11.3 Å². The molecule has 1 N–H and O–H groups in total. The van der Waals surface area contributed by atoms with Gasteiger partial charge in [0.15, 0.2) is 12.1 Å². The average molecular weight is 172 g/mol. The molecule has 0 fully saturated rings. The number of aliphatic hydroxyl groups is 1. The van der Waals surface area contributed by atoms with Crippen LogP contribution in [0.3, 0.4) is 0 Å². The van der Waals surface area contributed by atoms with E-state index in [1.54, 1.807) is 0 Å². The van der Waals surface area contributed by atoms with Crippen LogP contribution in [-0.4, -0.2) is 23.1 Å².